The van der Waals surface area contributed by atoms with E-state index in [2.05, 4.69) is 17.0 Å². The van der Waals surface area contributed by atoms with Crippen LogP contribution in [-0.4, -0.2) is 24.7 Å². The van der Waals surface area contributed by atoms with Gasteiger partial charge in [-0.2, -0.15) is 0 Å². The molecule has 0 atom stereocenters. The highest BCUT2D eigenvalue weighted by molar-refractivity contribution is 5.59. The van der Waals surface area contributed by atoms with E-state index >= 15 is 0 Å². The van der Waals surface area contributed by atoms with Crippen LogP contribution in [0.2, 0.25) is 0 Å². The first-order valence-electron chi connectivity index (χ1n) is 5.03. The fraction of sp³-hybridized carbons (Fsp3) is 0.455. The molecule has 0 saturated carbocycles. The molecule has 1 heterocycles. The van der Waals surface area contributed by atoms with Gasteiger partial charge in [0.05, 0.1) is 6.61 Å². The number of nitrogens with two attached hydrogens (primary N) is 1. The fourth-order valence-electron chi connectivity index (χ4n) is 2.01. The van der Waals surface area contributed by atoms with Crippen LogP contribution in [0.25, 0.3) is 0 Å². The number of fused-ring (bicyclic) bond motifs is 1. The van der Waals surface area contributed by atoms with E-state index in [-0.39, 0.29) is 6.61 Å². The largest absolute Gasteiger partial charge is 0.392 e. The van der Waals surface area contributed by atoms with Crippen LogP contribution in [0.4, 0.5) is 5.69 Å². The summed E-state index contributed by atoms with van der Waals surface area (Å²) < 4.78 is 0. The molecule has 0 aromatic heterocycles. The van der Waals surface area contributed by atoms with Crippen molar-refractivity contribution < 1.29 is 5.11 Å². The number of benzene rings is 1. The molecule has 0 fully saturated rings. The standard InChI is InChI=1S/C11H16N2O/c12-4-6-13-5-3-10-7-9(8-14)1-2-11(10)13/h1-2,7,14H,3-6,8,12H2. The highest BCUT2D eigenvalue weighted by Crippen LogP contribution is 2.28. The third-order valence-electron chi connectivity index (χ3n) is 2.72. The number of nitrogens with zero attached hydrogens (tertiary/aromatic N) is 1. The van der Waals surface area contributed by atoms with Gasteiger partial charge in [0.25, 0.3) is 0 Å². The molecular formula is C11H16N2O. The highest BCUT2D eigenvalue weighted by Gasteiger charge is 2.17. The molecule has 0 aliphatic carbocycles. The van der Waals surface area contributed by atoms with Gasteiger partial charge in [0.1, 0.15) is 0 Å². The van der Waals surface area contributed by atoms with Crippen molar-refractivity contribution in [3.8, 4) is 0 Å². The molecule has 0 bridgehead atoms. The average molecular weight is 192 g/mol. The SMILES string of the molecule is NCCN1CCc2cc(CO)ccc21. The van der Waals surface area contributed by atoms with Crippen LogP contribution in [-0.2, 0) is 13.0 Å². The van der Waals surface area contributed by atoms with Crippen molar-refractivity contribution in [2.24, 2.45) is 5.73 Å². The summed E-state index contributed by atoms with van der Waals surface area (Å²) >= 11 is 0. The minimum absolute atomic E-state index is 0.129. The Bertz CT molecular complexity index is 325. The van der Waals surface area contributed by atoms with Gasteiger partial charge in [-0.05, 0) is 23.6 Å². The number of hydrogen-bond acceptors (Lipinski definition) is 3. The Morgan fingerprint density at radius 1 is 1.43 bits per heavy atom. The van der Waals surface area contributed by atoms with Gasteiger partial charge in [-0.25, -0.2) is 0 Å². The van der Waals surface area contributed by atoms with Crippen LogP contribution in [0.1, 0.15) is 11.1 Å². The molecule has 1 aliphatic heterocycles. The maximum atomic E-state index is 9.00. The van der Waals surface area contributed by atoms with Crippen LogP contribution in [0.5, 0.6) is 0 Å². The smallest absolute Gasteiger partial charge is 0.0681 e. The van der Waals surface area contributed by atoms with E-state index in [1.807, 2.05) is 6.07 Å². The lowest BCUT2D eigenvalue weighted by Crippen LogP contribution is -2.27. The molecule has 3 N–H and O–H groups in total. The van der Waals surface area contributed by atoms with E-state index in [0.717, 1.165) is 25.1 Å². The van der Waals surface area contributed by atoms with E-state index in [4.69, 9.17) is 10.8 Å². The molecule has 1 aromatic rings. The molecule has 3 nitrogen and oxygen atoms in total. The normalized spacial score (nSPS) is 14.6. The fourth-order valence-corrected chi connectivity index (χ4v) is 2.01. The van der Waals surface area contributed by atoms with E-state index in [1.165, 1.54) is 11.3 Å². The Morgan fingerprint density at radius 3 is 3.00 bits per heavy atom. The van der Waals surface area contributed by atoms with Gasteiger partial charge in [-0.3, -0.25) is 0 Å². The van der Waals surface area contributed by atoms with Gasteiger partial charge in [0.2, 0.25) is 0 Å². The van der Waals surface area contributed by atoms with Crippen molar-refractivity contribution in [3.05, 3.63) is 29.3 Å². The van der Waals surface area contributed by atoms with Crippen molar-refractivity contribution in [1.82, 2.24) is 0 Å². The summed E-state index contributed by atoms with van der Waals surface area (Å²) in [4.78, 5) is 2.30. The Morgan fingerprint density at radius 2 is 2.29 bits per heavy atom. The maximum Gasteiger partial charge on any atom is 0.0681 e. The lowest BCUT2D eigenvalue weighted by atomic mass is 10.1. The third-order valence-corrected chi connectivity index (χ3v) is 2.72. The number of anilines is 1. The highest BCUT2D eigenvalue weighted by atomic mass is 16.3. The van der Waals surface area contributed by atoms with Crippen LogP contribution < -0.4 is 10.6 Å². The number of rotatable bonds is 3. The van der Waals surface area contributed by atoms with E-state index in [1.54, 1.807) is 0 Å². The first-order valence-corrected chi connectivity index (χ1v) is 5.03. The predicted molar refractivity (Wildman–Crippen MR) is 57.3 cm³/mol. The second-order valence-electron chi connectivity index (χ2n) is 3.65. The average Bonchev–Trinajstić information content (AvgIpc) is 2.61. The molecular weight excluding hydrogens is 176 g/mol. The minimum Gasteiger partial charge on any atom is -0.392 e. The quantitative estimate of drug-likeness (QED) is 0.733. The molecule has 1 aromatic carbocycles. The van der Waals surface area contributed by atoms with Crippen LogP contribution in [0, 0.1) is 0 Å². The van der Waals surface area contributed by atoms with E-state index in [9.17, 15) is 0 Å². The van der Waals surface area contributed by atoms with Gasteiger partial charge >= 0.3 is 0 Å². The topological polar surface area (TPSA) is 49.5 Å². The lowest BCUT2D eigenvalue weighted by Gasteiger charge is -2.18. The number of aliphatic hydroxyl groups is 1. The molecule has 1 aliphatic rings. The van der Waals surface area contributed by atoms with Crippen molar-refractivity contribution in [3.63, 3.8) is 0 Å². The Balaban J connectivity index is 2.24. The van der Waals surface area contributed by atoms with Gasteiger partial charge in [-0.15, -0.1) is 0 Å². The van der Waals surface area contributed by atoms with Crippen molar-refractivity contribution in [1.29, 1.82) is 0 Å². The van der Waals surface area contributed by atoms with Crippen molar-refractivity contribution in [2.75, 3.05) is 24.5 Å². The van der Waals surface area contributed by atoms with Gasteiger partial charge in [0.15, 0.2) is 0 Å². The van der Waals surface area contributed by atoms with Crippen LogP contribution in [0.15, 0.2) is 18.2 Å². The first kappa shape index (κ1) is 9.49. The molecule has 0 unspecified atom stereocenters. The van der Waals surface area contributed by atoms with Crippen LogP contribution in [0.3, 0.4) is 0 Å². The molecule has 0 radical (unpaired) electrons. The molecule has 14 heavy (non-hydrogen) atoms. The molecule has 0 amide bonds. The molecule has 2 rings (SSSR count). The second kappa shape index (κ2) is 3.98. The Hall–Kier alpha value is -1.06. The Labute approximate surface area is 84.1 Å². The zero-order chi connectivity index (χ0) is 9.97. The zero-order valence-corrected chi connectivity index (χ0v) is 8.24. The van der Waals surface area contributed by atoms with E-state index < -0.39 is 0 Å². The monoisotopic (exact) mass is 192 g/mol. The third kappa shape index (κ3) is 1.61. The number of hydrogen-bond donors (Lipinski definition) is 2. The maximum absolute atomic E-state index is 9.00. The molecule has 0 saturated heterocycles. The Kier molecular flexibility index (Phi) is 2.70. The van der Waals surface area contributed by atoms with Gasteiger partial charge in [-0.1, -0.05) is 12.1 Å². The summed E-state index contributed by atoms with van der Waals surface area (Å²) in [6, 6.07) is 6.16. The lowest BCUT2D eigenvalue weighted by molar-refractivity contribution is 0.282. The summed E-state index contributed by atoms with van der Waals surface area (Å²) in [6.07, 6.45) is 1.07. The summed E-state index contributed by atoms with van der Waals surface area (Å²) in [5, 5.41) is 9.00. The molecule has 3 heteroatoms. The van der Waals surface area contributed by atoms with Crippen LogP contribution >= 0.6 is 0 Å². The van der Waals surface area contributed by atoms with Crippen molar-refractivity contribution >= 4 is 5.69 Å². The number of aliphatic hydroxyl groups excluding tert-OH is 1. The minimum atomic E-state index is 0.129. The summed E-state index contributed by atoms with van der Waals surface area (Å²) in [6.45, 7) is 2.80. The summed E-state index contributed by atoms with van der Waals surface area (Å²) in [5.41, 5.74) is 9.16. The van der Waals surface area contributed by atoms with Crippen molar-refractivity contribution in [2.45, 2.75) is 13.0 Å². The summed E-state index contributed by atoms with van der Waals surface area (Å²) in [7, 11) is 0. The van der Waals surface area contributed by atoms with Gasteiger partial charge in [0, 0.05) is 25.3 Å². The zero-order valence-electron chi connectivity index (χ0n) is 8.24. The second-order valence-corrected chi connectivity index (χ2v) is 3.65. The molecule has 76 valence electrons. The van der Waals surface area contributed by atoms with Gasteiger partial charge < -0.3 is 15.7 Å². The predicted octanol–water partition coefficient (Wildman–Crippen LogP) is 0.500. The molecule has 0 spiro atoms. The summed E-state index contributed by atoms with van der Waals surface area (Å²) in [5.74, 6) is 0. The first-order chi connectivity index (χ1) is 6.85. The van der Waals surface area contributed by atoms with E-state index in [0.29, 0.717) is 6.54 Å².